The zero-order chi connectivity index (χ0) is 24.7. The molecule has 2 N–H and O–H groups in total. The maximum Gasteiger partial charge on any atom is 0.464 e. The van der Waals surface area contributed by atoms with Gasteiger partial charge in [-0.15, -0.1) is 0 Å². The molecule has 0 saturated heterocycles. The van der Waals surface area contributed by atoms with Crippen LogP contribution < -0.4 is 15.4 Å². The van der Waals surface area contributed by atoms with Crippen molar-refractivity contribution in [2.75, 3.05) is 5.32 Å². The van der Waals surface area contributed by atoms with E-state index in [1.54, 1.807) is 6.07 Å². The smallest absolute Gasteiger partial charge is 0.447 e. The molecule has 0 bridgehead atoms. The molecule has 0 radical (unpaired) electrons. The van der Waals surface area contributed by atoms with Crippen LogP contribution in [-0.2, 0) is 10.3 Å². The third-order valence-corrected chi connectivity index (χ3v) is 5.88. The van der Waals surface area contributed by atoms with Crippen molar-refractivity contribution in [3.8, 4) is 5.75 Å². The van der Waals surface area contributed by atoms with E-state index in [1.807, 2.05) is 0 Å². The number of carbonyl (C=O) groups is 2. The van der Waals surface area contributed by atoms with Crippen molar-refractivity contribution in [1.29, 1.82) is 0 Å². The fraction of sp³-hybridized carbons (Fsp3) is 0.375. The van der Waals surface area contributed by atoms with Gasteiger partial charge in [0.15, 0.2) is 0 Å². The van der Waals surface area contributed by atoms with Crippen LogP contribution in [0.2, 0.25) is 0 Å². The summed E-state index contributed by atoms with van der Waals surface area (Å²) < 4.78 is 59.1. The highest BCUT2D eigenvalue weighted by Gasteiger charge is 2.60. The van der Waals surface area contributed by atoms with Crippen molar-refractivity contribution in [3.05, 3.63) is 65.9 Å². The average Bonchev–Trinajstić information content (AvgIpc) is 3.68. The molecule has 1 unspecified atom stereocenters. The van der Waals surface area contributed by atoms with Gasteiger partial charge < -0.3 is 15.4 Å². The minimum Gasteiger partial charge on any atom is -0.447 e. The number of benzene rings is 1. The molecule has 180 valence electrons. The lowest BCUT2D eigenvalue weighted by Gasteiger charge is -2.29. The van der Waals surface area contributed by atoms with Gasteiger partial charge >= 0.3 is 12.0 Å². The second-order valence-corrected chi connectivity index (χ2v) is 8.73. The Morgan fingerprint density at radius 2 is 1.85 bits per heavy atom. The summed E-state index contributed by atoms with van der Waals surface area (Å²) in [6.07, 6.45) is -1.17. The van der Waals surface area contributed by atoms with Gasteiger partial charge in [0, 0.05) is 23.3 Å². The van der Waals surface area contributed by atoms with E-state index in [1.165, 1.54) is 36.5 Å². The van der Waals surface area contributed by atoms with Crippen LogP contribution in [0.15, 0.2) is 54.7 Å². The Hall–Kier alpha value is -3.43. The van der Waals surface area contributed by atoms with Crippen LogP contribution >= 0.6 is 0 Å². The quantitative estimate of drug-likeness (QED) is 0.413. The third kappa shape index (κ3) is 4.76. The summed E-state index contributed by atoms with van der Waals surface area (Å²) in [5.41, 5.74) is -0.901. The van der Waals surface area contributed by atoms with E-state index in [-0.39, 0.29) is 29.0 Å². The molecule has 6 nitrogen and oxygen atoms in total. The number of pyridine rings is 1. The molecule has 2 amide bonds. The largest absolute Gasteiger partial charge is 0.464 e. The van der Waals surface area contributed by atoms with E-state index in [2.05, 4.69) is 22.2 Å². The Labute approximate surface area is 193 Å². The molecular formula is C24H23F4N3O3. The summed E-state index contributed by atoms with van der Waals surface area (Å²) in [6, 6.07) is 8.50. The van der Waals surface area contributed by atoms with Crippen LogP contribution in [0.1, 0.15) is 48.5 Å². The Morgan fingerprint density at radius 3 is 2.44 bits per heavy atom. The highest BCUT2D eigenvalue weighted by molar-refractivity contribution is 5.98. The van der Waals surface area contributed by atoms with Gasteiger partial charge in [-0.2, -0.15) is 17.6 Å². The highest BCUT2D eigenvalue weighted by atomic mass is 19.4. The number of alkyl halides is 4. The lowest BCUT2D eigenvalue weighted by molar-refractivity contribution is -0.283. The summed E-state index contributed by atoms with van der Waals surface area (Å²) in [5.74, 6) is -4.72. The minimum absolute atomic E-state index is 0.0196. The SMILES string of the molecule is C=C(C)C(F)(Oc1cccc(C2(NC(=O)c3ccnc(NC(=O)C4CC4)c3)CC2)c1)C(F)(F)F. The minimum atomic E-state index is -5.31. The maximum atomic E-state index is 14.6. The van der Waals surface area contributed by atoms with E-state index in [9.17, 15) is 27.2 Å². The van der Waals surface area contributed by atoms with Gasteiger partial charge in [-0.1, -0.05) is 18.7 Å². The van der Waals surface area contributed by atoms with Crippen LogP contribution in [0.25, 0.3) is 0 Å². The van der Waals surface area contributed by atoms with E-state index in [0.717, 1.165) is 19.8 Å². The number of amides is 2. The number of carbonyl (C=O) groups excluding carboxylic acids is 2. The first-order valence-corrected chi connectivity index (χ1v) is 10.7. The first kappa shape index (κ1) is 23.7. The number of ether oxygens (including phenoxy) is 1. The summed E-state index contributed by atoms with van der Waals surface area (Å²) in [7, 11) is 0. The average molecular weight is 477 g/mol. The molecule has 10 heteroatoms. The van der Waals surface area contributed by atoms with Gasteiger partial charge in [0.25, 0.3) is 5.91 Å². The van der Waals surface area contributed by atoms with Gasteiger partial charge in [-0.3, -0.25) is 9.59 Å². The van der Waals surface area contributed by atoms with Crippen molar-refractivity contribution >= 4 is 17.6 Å². The van der Waals surface area contributed by atoms with Gasteiger partial charge in [-0.05, 0) is 62.4 Å². The molecule has 0 aliphatic heterocycles. The molecule has 2 aliphatic rings. The fourth-order valence-corrected chi connectivity index (χ4v) is 3.52. The Balaban J connectivity index is 1.50. The zero-order valence-electron chi connectivity index (χ0n) is 18.3. The van der Waals surface area contributed by atoms with Crippen LogP contribution in [0.3, 0.4) is 0 Å². The van der Waals surface area contributed by atoms with Gasteiger partial charge in [0.2, 0.25) is 5.91 Å². The van der Waals surface area contributed by atoms with Gasteiger partial charge in [0.05, 0.1) is 5.54 Å². The summed E-state index contributed by atoms with van der Waals surface area (Å²) in [6.45, 7) is 3.97. The molecule has 1 atom stereocenters. The number of aromatic nitrogens is 1. The van der Waals surface area contributed by atoms with E-state index in [4.69, 9.17) is 4.74 Å². The van der Waals surface area contributed by atoms with E-state index in [0.29, 0.717) is 18.4 Å². The van der Waals surface area contributed by atoms with Crippen LogP contribution in [0.4, 0.5) is 23.4 Å². The van der Waals surface area contributed by atoms with Gasteiger partial charge in [-0.25, -0.2) is 4.98 Å². The number of hydrogen-bond donors (Lipinski definition) is 2. The maximum absolute atomic E-state index is 14.6. The molecule has 34 heavy (non-hydrogen) atoms. The van der Waals surface area contributed by atoms with Crippen molar-refractivity contribution in [3.63, 3.8) is 0 Å². The predicted molar refractivity (Wildman–Crippen MR) is 116 cm³/mol. The molecular weight excluding hydrogens is 454 g/mol. The second kappa shape index (κ2) is 8.41. The number of anilines is 1. The van der Waals surface area contributed by atoms with E-state index >= 15 is 0 Å². The van der Waals surface area contributed by atoms with Gasteiger partial charge in [0.1, 0.15) is 11.6 Å². The fourth-order valence-electron chi connectivity index (χ4n) is 3.52. The molecule has 0 spiro atoms. The number of hydrogen-bond acceptors (Lipinski definition) is 4. The Morgan fingerprint density at radius 1 is 1.15 bits per heavy atom. The predicted octanol–water partition coefficient (Wildman–Crippen LogP) is 5.03. The van der Waals surface area contributed by atoms with Crippen LogP contribution in [0, 0.1) is 5.92 Å². The van der Waals surface area contributed by atoms with Crippen molar-refractivity contribution < 1.29 is 31.9 Å². The van der Waals surface area contributed by atoms with Crippen LogP contribution in [-0.4, -0.2) is 28.8 Å². The Kier molecular flexibility index (Phi) is 5.87. The number of halogens is 4. The number of nitrogens with zero attached hydrogens (tertiary/aromatic N) is 1. The number of nitrogens with one attached hydrogen (secondary N) is 2. The van der Waals surface area contributed by atoms with Crippen molar-refractivity contribution in [1.82, 2.24) is 10.3 Å². The normalized spacial score (nSPS) is 18.4. The molecule has 2 aromatic rings. The molecule has 2 fully saturated rings. The number of rotatable bonds is 8. The highest BCUT2D eigenvalue weighted by Crippen LogP contribution is 2.47. The summed E-state index contributed by atoms with van der Waals surface area (Å²) in [5, 5.41) is 5.57. The Bertz CT molecular complexity index is 1140. The first-order chi connectivity index (χ1) is 15.9. The van der Waals surface area contributed by atoms with E-state index < -0.39 is 29.1 Å². The topological polar surface area (TPSA) is 80.3 Å². The first-order valence-electron chi connectivity index (χ1n) is 10.7. The molecule has 1 aromatic heterocycles. The third-order valence-electron chi connectivity index (χ3n) is 5.88. The molecule has 2 saturated carbocycles. The molecule has 4 rings (SSSR count). The summed E-state index contributed by atoms with van der Waals surface area (Å²) >= 11 is 0. The van der Waals surface area contributed by atoms with Crippen molar-refractivity contribution in [2.24, 2.45) is 5.92 Å². The zero-order valence-corrected chi connectivity index (χ0v) is 18.3. The molecule has 1 heterocycles. The molecule has 1 aromatic carbocycles. The lowest BCUT2D eigenvalue weighted by Crippen LogP contribution is -2.47. The second-order valence-electron chi connectivity index (χ2n) is 8.73. The van der Waals surface area contributed by atoms with Crippen molar-refractivity contribution in [2.45, 2.75) is 50.2 Å². The summed E-state index contributed by atoms with van der Waals surface area (Å²) in [4.78, 5) is 28.9. The van der Waals surface area contributed by atoms with Crippen LogP contribution in [0.5, 0.6) is 5.75 Å². The standard InChI is InChI=1S/C24H23F4N3O3/c1-14(2)23(25,24(26,27)28)34-18-5-3-4-17(13-18)22(9-10-22)31-21(33)16-8-11-29-19(12-16)30-20(32)15-6-7-15/h3-5,8,11-13,15H,1,6-7,9-10H2,2H3,(H,31,33)(H,29,30,32). The molecule has 2 aliphatic carbocycles. The lowest BCUT2D eigenvalue weighted by atomic mass is 10.0. The monoisotopic (exact) mass is 477 g/mol.